The molecule has 4 aliphatic heterocycles. The van der Waals surface area contributed by atoms with Gasteiger partial charge >= 0.3 is 0 Å². The largest absolute Gasteiger partial charge is 0.487 e. The summed E-state index contributed by atoms with van der Waals surface area (Å²) in [4.78, 5) is 27.5. The third kappa shape index (κ3) is 7.92. The van der Waals surface area contributed by atoms with Crippen molar-refractivity contribution in [2.24, 2.45) is 9.98 Å². The number of halogens is 1. The fourth-order valence-electron chi connectivity index (χ4n) is 5.94. The number of aliphatic hydroxyl groups excluding tert-OH is 1. The molecule has 5 rings (SSSR count). The molecule has 1 unspecified atom stereocenters. The molecule has 0 spiro atoms. The van der Waals surface area contributed by atoms with E-state index < -0.39 is 30.5 Å². The van der Waals surface area contributed by atoms with Gasteiger partial charge in [-0.3, -0.25) is 9.69 Å². The van der Waals surface area contributed by atoms with Crippen LogP contribution in [0.3, 0.4) is 0 Å². The summed E-state index contributed by atoms with van der Waals surface area (Å²) >= 11 is 0. The standard InChI is InChI=1S/C33H46FN7O4/c1-5-26(10-9-24(3)39-13-15-40(16-14-39)27-20-44-21-27)37-32-35-22-36-33(4,38-32)25-7-6-8-29(23(2)17-25)45-30-11-12-41(18-28(30)34)31(43)19-42/h5,7-10,17,22,27-28,30,42H,3,6,11-16,18-21H2,1-2,4H3,(H2,35,36,37,38)/b10-9-,26-5+/t28-,30+,33?/m1/s1. The Morgan fingerprint density at radius 2 is 2.02 bits per heavy atom. The number of ether oxygens (including phenoxy) is 2. The molecule has 0 saturated carbocycles. The van der Waals surface area contributed by atoms with Gasteiger partial charge in [-0.2, -0.15) is 0 Å². The number of nitrogens with one attached hydrogen (secondary N) is 2. The number of piperazine rings is 1. The van der Waals surface area contributed by atoms with Crippen molar-refractivity contribution in [1.82, 2.24) is 25.3 Å². The van der Waals surface area contributed by atoms with Crippen LogP contribution in [0, 0.1) is 0 Å². The Morgan fingerprint density at radius 3 is 2.69 bits per heavy atom. The molecule has 4 heterocycles. The molecule has 45 heavy (non-hydrogen) atoms. The number of rotatable bonds is 9. The monoisotopic (exact) mass is 623 g/mol. The van der Waals surface area contributed by atoms with E-state index in [1.54, 1.807) is 6.34 Å². The number of aliphatic imine (C=N–C) groups is 2. The Labute approximate surface area is 265 Å². The zero-order valence-corrected chi connectivity index (χ0v) is 26.5. The van der Waals surface area contributed by atoms with Gasteiger partial charge in [-0.25, -0.2) is 14.4 Å². The molecule has 3 N–H and O–H groups in total. The predicted molar refractivity (Wildman–Crippen MR) is 173 cm³/mol. The highest BCUT2D eigenvalue weighted by Gasteiger charge is 2.35. The van der Waals surface area contributed by atoms with Crippen LogP contribution in [0.1, 0.15) is 33.6 Å². The third-order valence-corrected chi connectivity index (χ3v) is 8.93. The maximum atomic E-state index is 14.9. The highest BCUT2D eigenvalue weighted by Crippen LogP contribution is 2.32. The molecule has 5 aliphatic rings. The average Bonchev–Trinajstić information content (AvgIpc) is 3.20. The smallest absolute Gasteiger partial charge is 0.248 e. The summed E-state index contributed by atoms with van der Waals surface area (Å²) in [5, 5.41) is 15.6. The molecular formula is C33H46FN7O4. The summed E-state index contributed by atoms with van der Waals surface area (Å²) in [7, 11) is 0. The van der Waals surface area contributed by atoms with E-state index in [0.29, 0.717) is 37.1 Å². The van der Waals surface area contributed by atoms with Gasteiger partial charge in [0.1, 0.15) is 18.5 Å². The number of aliphatic hydroxyl groups is 1. The average molecular weight is 624 g/mol. The summed E-state index contributed by atoms with van der Waals surface area (Å²) in [5.41, 5.74) is 2.71. The zero-order valence-electron chi connectivity index (χ0n) is 26.5. The number of likely N-dealkylation sites (tertiary alicyclic amines) is 1. The van der Waals surface area contributed by atoms with Crippen molar-refractivity contribution in [2.75, 3.05) is 59.1 Å². The number of allylic oxidation sites excluding steroid dienone is 6. The van der Waals surface area contributed by atoms with E-state index in [2.05, 4.69) is 38.1 Å². The lowest BCUT2D eigenvalue weighted by Crippen LogP contribution is -2.56. The number of carbonyl (C=O) groups excluding carboxylic acids is 1. The predicted octanol–water partition coefficient (Wildman–Crippen LogP) is 2.38. The van der Waals surface area contributed by atoms with Crippen LogP contribution < -0.4 is 10.6 Å². The number of hydrogen-bond donors (Lipinski definition) is 3. The van der Waals surface area contributed by atoms with Gasteiger partial charge in [0.2, 0.25) is 11.9 Å². The van der Waals surface area contributed by atoms with Gasteiger partial charge in [-0.1, -0.05) is 18.7 Å². The van der Waals surface area contributed by atoms with Crippen LogP contribution in [0.15, 0.2) is 81.3 Å². The first-order valence-corrected chi connectivity index (χ1v) is 15.7. The normalized spacial score (nSPS) is 28.3. The maximum absolute atomic E-state index is 14.9. The van der Waals surface area contributed by atoms with E-state index in [1.165, 1.54) is 4.90 Å². The molecule has 1 amide bonds. The van der Waals surface area contributed by atoms with Crippen molar-refractivity contribution in [2.45, 2.75) is 57.6 Å². The fraction of sp³-hybridized carbons (Fsp3) is 0.545. The minimum absolute atomic E-state index is 0.0844. The maximum Gasteiger partial charge on any atom is 0.248 e. The zero-order chi connectivity index (χ0) is 32.0. The van der Waals surface area contributed by atoms with Crippen LogP contribution in [0.25, 0.3) is 0 Å². The Balaban J connectivity index is 1.17. The van der Waals surface area contributed by atoms with E-state index in [4.69, 9.17) is 19.6 Å². The highest BCUT2D eigenvalue weighted by molar-refractivity contribution is 5.93. The number of piperidine rings is 1. The van der Waals surface area contributed by atoms with E-state index in [1.807, 2.05) is 51.2 Å². The molecule has 3 saturated heterocycles. The number of alkyl halides is 1. The molecule has 0 radical (unpaired) electrons. The quantitative estimate of drug-likeness (QED) is 0.336. The number of nitrogens with zero attached hydrogens (tertiary/aromatic N) is 5. The molecular weight excluding hydrogens is 577 g/mol. The molecule has 11 nitrogen and oxygen atoms in total. The number of amides is 1. The first-order chi connectivity index (χ1) is 21.7. The summed E-state index contributed by atoms with van der Waals surface area (Å²) in [5.74, 6) is 0.712. The summed E-state index contributed by atoms with van der Waals surface area (Å²) in [6.07, 6.45) is 12.6. The summed E-state index contributed by atoms with van der Waals surface area (Å²) in [6.45, 7) is 15.4. The van der Waals surface area contributed by atoms with Crippen LogP contribution in [-0.4, -0.2) is 121 Å². The SMILES string of the molecule is C=C(/C=C\C(=C/C)NC1=NC(C)(C2=CCC=C(O[C@H]3CCN(C(=O)CO)C[C@H]3F)C(C)=C2)N=CN1)N1CCN(C2COC2)CC1. The Bertz CT molecular complexity index is 1340. The molecule has 0 aromatic heterocycles. The Morgan fingerprint density at radius 1 is 1.24 bits per heavy atom. The van der Waals surface area contributed by atoms with E-state index in [0.717, 1.165) is 61.9 Å². The molecule has 0 aromatic rings. The summed E-state index contributed by atoms with van der Waals surface area (Å²) in [6, 6.07) is 0.567. The molecule has 1 aliphatic carbocycles. The molecule has 244 valence electrons. The van der Waals surface area contributed by atoms with Gasteiger partial charge < -0.3 is 35.0 Å². The second kappa shape index (κ2) is 14.6. The van der Waals surface area contributed by atoms with Gasteiger partial charge in [-0.15, -0.1) is 0 Å². The first-order valence-electron chi connectivity index (χ1n) is 15.7. The molecule has 3 atom stereocenters. The van der Waals surface area contributed by atoms with E-state index >= 15 is 0 Å². The lowest BCUT2D eigenvalue weighted by Gasteiger charge is -2.43. The van der Waals surface area contributed by atoms with Crippen molar-refractivity contribution in [3.05, 3.63) is 71.3 Å². The van der Waals surface area contributed by atoms with Crippen molar-refractivity contribution in [3.8, 4) is 0 Å². The molecule has 3 fully saturated rings. The van der Waals surface area contributed by atoms with Gasteiger partial charge in [0.25, 0.3) is 0 Å². The Kier molecular flexibility index (Phi) is 10.6. The van der Waals surface area contributed by atoms with Crippen molar-refractivity contribution >= 4 is 18.2 Å². The lowest BCUT2D eigenvalue weighted by atomic mass is 9.99. The topological polar surface area (TPSA) is 114 Å². The van der Waals surface area contributed by atoms with Crippen molar-refractivity contribution in [1.29, 1.82) is 0 Å². The highest BCUT2D eigenvalue weighted by atomic mass is 19.1. The molecule has 0 aromatic carbocycles. The fourth-order valence-corrected chi connectivity index (χ4v) is 5.94. The number of guanidine groups is 1. The first kappa shape index (κ1) is 32.6. The number of carbonyl (C=O) groups is 1. The van der Waals surface area contributed by atoms with Gasteiger partial charge in [0, 0.05) is 50.5 Å². The van der Waals surface area contributed by atoms with Gasteiger partial charge in [0.15, 0.2) is 11.8 Å². The van der Waals surface area contributed by atoms with Crippen molar-refractivity contribution < 1.29 is 23.8 Å². The number of hydrogen-bond acceptors (Lipinski definition) is 10. The van der Waals surface area contributed by atoms with Gasteiger partial charge in [-0.05, 0) is 62.6 Å². The van der Waals surface area contributed by atoms with Crippen LogP contribution in [0.2, 0.25) is 0 Å². The second-order valence-corrected chi connectivity index (χ2v) is 12.0. The van der Waals surface area contributed by atoms with Gasteiger partial charge in [0.05, 0.1) is 32.1 Å². The van der Waals surface area contributed by atoms with Crippen LogP contribution in [0.5, 0.6) is 0 Å². The third-order valence-electron chi connectivity index (χ3n) is 8.93. The van der Waals surface area contributed by atoms with Crippen LogP contribution in [-0.2, 0) is 14.3 Å². The molecule has 12 heteroatoms. The molecule has 0 bridgehead atoms. The minimum Gasteiger partial charge on any atom is -0.487 e. The second-order valence-electron chi connectivity index (χ2n) is 12.0. The van der Waals surface area contributed by atoms with Crippen LogP contribution in [0.4, 0.5) is 4.39 Å². The van der Waals surface area contributed by atoms with Crippen LogP contribution >= 0.6 is 0 Å². The summed E-state index contributed by atoms with van der Waals surface area (Å²) < 4.78 is 26.4. The minimum atomic E-state index is -1.34. The van der Waals surface area contributed by atoms with Crippen molar-refractivity contribution in [3.63, 3.8) is 0 Å². The van der Waals surface area contributed by atoms with E-state index in [-0.39, 0.29) is 6.54 Å². The van der Waals surface area contributed by atoms with E-state index in [9.17, 15) is 9.18 Å². The Hall–Kier alpha value is -3.74. The lowest BCUT2D eigenvalue weighted by molar-refractivity contribution is -0.138.